The number of hydrogen-bond donors (Lipinski definition) is 1. The van der Waals surface area contributed by atoms with Gasteiger partial charge in [-0.1, -0.05) is 11.3 Å². The minimum atomic E-state index is 0.484. The standard InChI is InChI=1S/C7H9N5S/c1-4-5(3-12(2)11-4)6-9-10-7(8)13-6/h3H,1-2H3,(H2,8,10). The molecule has 0 spiro atoms. The summed E-state index contributed by atoms with van der Waals surface area (Å²) in [5, 5.41) is 13.2. The molecule has 0 aromatic carbocycles. The molecule has 0 bridgehead atoms. The van der Waals surface area contributed by atoms with E-state index < -0.39 is 0 Å². The number of hydrogen-bond acceptors (Lipinski definition) is 5. The third-order valence-electron chi connectivity index (χ3n) is 1.68. The van der Waals surface area contributed by atoms with E-state index in [0.717, 1.165) is 16.3 Å². The van der Waals surface area contributed by atoms with Gasteiger partial charge in [-0.05, 0) is 6.92 Å². The molecule has 2 rings (SSSR count). The van der Waals surface area contributed by atoms with Gasteiger partial charge in [0.2, 0.25) is 5.13 Å². The molecule has 2 aromatic heterocycles. The quantitative estimate of drug-likeness (QED) is 0.731. The van der Waals surface area contributed by atoms with Crippen molar-refractivity contribution in [3.63, 3.8) is 0 Å². The highest BCUT2D eigenvalue weighted by Gasteiger charge is 2.10. The van der Waals surface area contributed by atoms with Gasteiger partial charge in [-0.2, -0.15) is 5.10 Å². The van der Waals surface area contributed by atoms with E-state index in [1.54, 1.807) is 4.68 Å². The average molecular weight is 195 g/mol. The Morgan fingerprint density at radius 3 is 2.69 bits per heavy atom. The van der Waals surface area contributed by atoms with Gasteiger partial charge >= 0.3 is 0 Å². The SMILES string of the molecule is Cc1nn(C)cc1-c1nnc(N)s1. The van der Waals surface area contributed by atoms with Gasteiger partial charge in [0, 0.05) is 13.2 Å². The van der Waals surface area contributed by atoms with Gasteiger partial charge in [0.25, 0.3) is 0 Å². The zero-order chi connectivity index (χ0) is 9.42. The lowest BCUT2D eigenvalue weighted by atomic mass is 10.3. The van der Waals surface area contributed by atoms with Crippen molar-refractivity contribution in [1.29, 1.82) is 0 Å². The van der Waals surface area contributed by atoms with Gasteiger partial charge in [-0.25, -0.2) is 0 Å². The predicted octanol–water partition coefficient (Wildman–Crippen LogP) is 0.829. The van der Waals surface area contributed by atoms with Gasteiger partial charge in [-0.15, -0.1) is 10.2 Å². The molecule has 6 heteroatoms. The van der Waals surface area contributed by atoms with Crippen molar-refractivity contribution in [3.8, 4) is 10.6 Å². The zero-order valence-corrected chi connectivity index (χ0v) is 8.17. The third kappa shape index (κ3) is 1.40. The number of nitrogen functional groups attached to an aromatic ring is 1. The molecule has 0 unspecified atom stereocenters. The van der Waals surface area contributed by atoms with E-state index in [9.17, 15) is 0 Å². The van der Waals surface area contributed by atoms with Gasteiger partial charge in [0.1, 0.15) is 0 Å². The highest BCUT2D eigenvalue weighted by Crippen LogP contribution is 2.26. The van der Waals surface area contributed by atoms with Crippen molar-refractivity contribution < 1.29 is 0 Å². The van der Waals surface area contributed by atoms with Crippen LogP contribution in [0.5, 0.6) is 0 Å². The maximum atomic E-state index is 5.49. The van der Waals surface area contributed by atoms with Crippen LogP contribution in [0.4, 0.5) is 5.13 Å². The van der Waals surface area contributed by atoms with Crippen LogP contribution in [0.2, 0.25) is 0 Å². The Labute approximate surface area is 79.2 Å². The van der Waals surface area contributed by atoms with Gasteiger partial charge < -0.3 is 5.73 Å². The summed E-state index contributed by atoms with van der Waals surface area (Å²) in [5.41, 5.74) is 7.43. The molecule has 0 aliphatic rings. The van der Waals surface area contributed by atoms with Crippen LogP contribution in [-0.4, -0.2) is 20.0 Å². The summed E-state index contributed by atoms with van der Waals surface area (Å²) in [6.45, 7) is 1.94. The van der Waals surface area contributed by atoms with E-state index in [4.69, 9.17) is 5.73 Å². The first-order chi connectivity index (χ1) is 6.16. The minimum absolute atomic E-state index is 0.484. The van der Waals surface area contributed by atoms with E-state index in [1.807, 2.05) is 20.2 Å². The molecule has 13 heavy (non-hydrogen) atoms. The summed E-state index contributed by atoms with van der Waals surface area (Å²) in [7, 11) is 1.88. The molecular weight excluding hydrogens is 186 g/mol. The van der Waals surface area contributed by atoms with Crippen molar-refractivity contribution in [3.05, 3.63) is 11.9 Å². The number of rotatable bonds is 1. The van der Waals surface area contributed by atoms with Gasteiger partial charge in [-0.3, -0.25) is 4.68 Å². The fourth-order valence-electron chi connectivity index (χ4n) is 1.15. The predicted molar refractivity (Wildman–Crippen MR) is 51.3 cm³/mol. The number of aryl methyl sites for hydroxylation is 2. The second kappa shape index (κ2) is 2.81. The maximum Gasteiger partial charge on any atom is 0.203 e. The summed E-state index contributed by atoms with van der Waals surface area (Å²) in [6, 6.07) is 0. The Hall–Kier alpha value is -1.43. The highest BCUT2D eigenvalue weighted by molar-refractivity contribution is 7.18. The van der Waals surface area contributed by atoms with Crippen molar-refractivity contribution in [2.45, 2.75) is 6.92 Å². The number of nitrogens with zero attached hydrogens (tertiary/aromatic N) is 4. The normalized spacial score (nSPS) is 10.6. The molecule has 0 aliphatic heterocycles. The topological polar surface area (TPSA) is 69.6 Å². The number of nitrogens with two attached hydrogens (primary N) is 1. The molecule has 0 atom stereocenters. The molecule has 0 radical (unpaired) electrons. The molecule has 0 saturated carbocycles. The molecule has 0 saturated heterocycles. The summed E-state index contributed by atoms with van der Waals surface area (Å²) >= 11 is 1.37. The average Bonchev–Trinajstić information content (AvgIpc) is 2.58. The first kappa shape index (κ1) is 8.18. The molecule has 2 heterocycles. The smallest absolute Gasteiger partial charge is 0.203 e. The second-order valence-electron chi connectivity index (χ2n) is 2.75. The van der Waals surface area contributed by atoms with Gasteiger partial charge in [0.05, 0.1) is 11.3 Å². The van der Waals surface area contributed by atoms with Crippen molar-refractivity contribution in [2.75, 3.05) is 5.73 Å². The molecule has 0 aliphatic carbocycles. The summed E-state index contributed by atoms with van der Waals surface area (Å²) in [6.07, 6.45) is 1.91. The molecule has 68 valence electrons. The zero-order valence-electron chi connectivity index (χ0n) is 7.35. The fourth-order valence-corrected chi connectivity index (χ4v) is 1.82. The van der Waals surface area contributed by atoms with Crippen molar-refractivity contribution in [1.82, 2.24) is 20.0 Å². The first-order valence-electron chi connectivity index (χ1n) is 3.76. The van der Waals surface area contributed by atoms with Crippen LogP contribution in [0.3, 0.4) is 0 Å². The molecular formula is C7H9N5S. The molecule has 2 N–H and O–H groups in total. The fraction of sp³-hybridized carbons (Fsp3) is 0.286. The maximum absolute atomic E-state index is 5.49. The molecule has 0 amide bonds. The van der Waals surface area contributed by atoms with E-state index >= 15 is 0 Å². The lowest BCUT2D eigenvalue weighted by molar-refractivity contribution is 0.756. The largest absolute Gasteiger partial charge is 0.374 e. The molecule has 5 nitrogen and oxygen atoms in total. The number of aromatic nitrogens is 4. The van der Waals surface area contributed by atoms with E-state index in [0.29, 0.717) is 5.13 Å². The second-order valence-corrected chi connectivity index (χ2v) is 3.76. The van der Waals surface area contributed by atoms with E-state index in [2.05, 4.69) is 15.3 Å². The lowest BCUT2D eigenvalue weighted by Crippen LogP contribution is -1.86. The van der Waals surface area contributed by atoms with Crippen LogP contribution < -0.4 is 5.73 Å². The van der Waals surface area contributed by atoms with Crippen LogP contribution in [0.25, 0.3) is 10.6 Å². The molecule has 0 fully saturated rings. The van der Waals surface area contributed by atoms with Crippen LogP contribution in [0.15, 0.2) is 6.20 Å². The van der Waals surface area contributed by atoms with Crippen molar-refractivity contribution >= 4 is 16.5 Å². The Kier molecular flexibility index (Phi) is 1.77. The summed E-state index contributed by atoms with van der Waals surface area (Å²) in [5.74, 6) is 0. The van der Waals surface area contributed by atoms with E-state index in [-0.39, 0.29) is 0 Å². The Balaban J connectivity index is 2.51. The summed E-state index contributed by atoms with van der Waals surface area (Å²) in [4.78, 5) is 0. The first-order valence-corrected chi connectivity index (χ1v) is 4.58. The third-order valence-corrected chi connectivity index (χ3v) is 2.47. The molecule has 2 aromatic rings. The monoisotopic (exact) mass is 195 g/mol. The van der Waals surface area contributed by atoms with Crippen LogP contribution in [0.1, 0.15) is 5.69 Å². The Bertz CT molecular complexity index is 430. The van der Waals surface area contributed by atoms with Gasteiger partial charge in [0.15, 0.2) is 5.01 Å². The lowest BCUT2D eigenvalue weighted by Gasteiger charge is -1.86. The van der Waals surface area contributed by atoms with E-state index in [1.165, 1.54) is 11.3 Å². The van der Waals surface area contributed by atoms with Crippen LogP contribution >= 0.6 is 11.3 Å². The Morgan fingerprint density at radius 1 is 1.46 bits per heavy atom. The summed E-state index contributed by atoms with van der Waals surface area (Å²) < 4.78 is 1.75. The highest BCUT2D eigenvalue weighted by atomic mass is 32.1. The number of anilines is 1. The van der Waals surface area contributed by atoms with Crippen LogP contribution in [-0.2, 0) is 7.05 Å². The van der Waals surface area contributed by atoms with Crippen LogP contribution in [0, 0.1) is 6.92 Å². The Morgan fingerprint density at radius 2 is 2.23 bits per heavy atom. The van der Waals surface area contributed by atoms with Crippen molar-refractivity contribution in [2.24, 2.45) is 7.05 Å². The minimum Gasteiger partial charge on any atom is -0.374 e.